The third kappa shape index (κ3) is 4.87. The summed E-state index contributed by atoms with van der Waals surface area (Å²) in [5.41, 5.74) is 4.19. The van der Waals surface area contributed by atoms with E-state index in [0.29, 0.717) is 16.9 Å². The van der Waals surface area contributed by atoms with E-state index in [9.17, 15) is 13.2 Å². The molecule has 32 heavy (non-hydrogen) atoms. The van der Waals surface area contributed by atoms with Crippen LogP contribution in [0, 0.1) is 6.92 Å². The van der Waals surface area contributed by atoms with Gasteiger partial charge in [0.25, 0.3) is 15.9 Å². The molecule has 2 N–H and O–H groups in total. The van der Waals surface area contributed by atoms with Crippen LogP contribution in [0.3, 0.4) is 0 Å². The summed E-state index contributed by atoms with van der Waals surface area (Å²) in [4.78, 5) is 13.1. The molecule has 4 aromatic rings. The van der Waals surface area contributed by atoms with Crippen molar-refractivity contribution < 1.29 is 13.2 Å². The molecule has 0 aliphatic rings. The Balaban J connectivity index is 1.56. The number of hydrogen-bond donors (Lipinski definition) is 2. The molecule has 1 amide bonds. The molecule has 0 atom stereocenters. The highest BCUT2D eigenvalue weighted by molar-refractivity contribution is 7.92. The highest BCUT2D eigenvalue weighted by atomic mass is 32.2. The van der Waals surface area contributed by atoms with Crippen molar-refractivity contribution >= 4 is 27.3 Å². The fourth-order valence-electron chi connectivity index (χ4n) is 3.31. The number of nitrogens with one attached hydrogen (secondary N) is 2. The molecule has 5 nitrogen and oxygen atoms in total. The maximum absolute atomic E-state index is 12.9. The number of amides is 1. The molecule has 0 aromatic heterocycles. The van der Waals surface area contributed by atoms with Gasteiger partial charge in [-0.05, 0) is 48.9 Å². The van der Waals surface area contributed by atoms with E-state index in [1.54, 1.807) is 42.5 Å². The van der Waals surface area contributed by atoms with Gasteiger partial charge >= 0.3 is 0 Å². The lowest BCUT2D eigenvalue weighted by Gasteiger charge is -2.13. The summed E-state index contributed by atoms with van der Waals surface area (Å²) >= 11 is 0. The van der Waals surface area contributed by atoms with Gasteiger partial charge in [-0.2, -0.15) is 0 Å². The number of carbonyl (C=O) groups is 1. The van der Waals surface area contributed by atoms with E-state index >= 15 is 0 Å². The molecule has 0 spiro atoms. The molecule has 0 saturated carbocycles. The van der Waals surface area contributed by atoms with E-state index in [1.807, 2.05) is 61.5 Å². The van der Waals surface area contributed by atoms with Crippen LogP contribution in [-0.2, 0) is 10.0 Å². The predicted molar refractivity (Wildman–Crippen MR) is 128 cm³/mol. The van der Waals surface area contributed by atoms with E-state index in [4.69, 9.17) is 0 Å². The van der Waals surface area contributed by atoms with Crippen LogP contribution >= 0.6 is 0 Å². The van der Waals surface area contributed by atoms with Crippen molar-refractivity contribution in [2.45, 2.75) is 11.8 Å². The van der Waals surface area contributed by atoms with Crippen LogP contribution in [-0.4, -0.2) is 14.3 Å². The Morgan fingerprint density at radius 3 is 2.19 bits per heavy atom. The Labute approximate surface area is 187 Å². The molecule has 0 aliphatic carbocycles. The molecular formula is C26H22N2O3S. The van der Waals surface area contributed by atoms with E-state index in [1.165, 1.54) is 6.07 Å². The number of hydrogen-bond acceptors (Lipinski definition) is 3. The van der Waals surface area contributed by atoms with Gasteiger partial charge in [0.15, 0.2) is 0 Å². The predicted octanol–water partition coefficient (Wildman–Crippen LogP) is 5.72. The number of sulfonamides is 1. The lowest BCUT2D eigenvalue weighted by molar-refractivity contribution is 0.102. The molecule has 4 rings (SSSR count). The number of aryl methyl sites for hydroxylation is 1. The maximum atomic E-state index is 12.9. The highest BCUT2D eigenvalue weighted by Crippen LogP contribution is 2.28. The summed E-state index contributed by atoms with van der Waals surface area (Å²) in [5.74, 6) is -0.329. The first kappa shape index (κ1) is 21.3. The van der Waals surface area contributed by atoms with Gasteiger partial charge < -0.3 is 5.32 Å². The Morgan fingerprint density at radius 1 is 0.750 bits per heavy atom. The largest absolute Gasteiger partial charge is 0.321 e. The average Bonchev–Trinajstić information content (AvgIpc) is 2.80. The molecule has 4 aromatic carbocycles. The van der Waals surface area contributed by atoms with Crippen LogP contribution in [0.25, 0.3) is 11.1 Å². The number of anilines is 2. The summed E-state index contributed by atoms with van der Waals surface area (Å²) in [5, 5.41) is 2.94. The quantitative estimate of drug-likeness (QED) is 0.401. The Kier molecular flexibility index (Phi) is 6.05. The van der Waals surface area contributed by atoms with Crippen molar-refractivity contribution in [1.82, 2.24) is 0 Å². The van der Waals surface area contributed by atoms with Crippen molar-refractivity contribution in [3.8, 4) is 11.1 Å². The van der Waals surface area contributed by atoms with E-state index in [0.717, 1.165) is 16.7 Å². The van der Waals surface area contributed by atoms with Crippen molar-refractivity contribution in [2.24, 2.45) is 0 Å². The zero-order chi connectivity index (χ0) is 22.6. The van der Waals surface area contributed by atoms with Crippen LogP contribution in [0.1, 0.15) is 15.9 Å². The third-order valence-electron chi connectivity index (χ3n) is 4.97. The summed E-state index contributed by atoms with van der Waals surface area (Å²) < 4.78 is 27.9. The number of benzene rings is 4. The molecule has 6 heteroatoms. The summed E-state index contributed by atoms with van der Waals surface area (Å²) in [6.45, 7) is 1.89. The maximum Gasteiger partial charge on any atom is 0.261 e. The van der Waals surface area contributed by atoms with Gasteiger partial charge in [-0.1, -0.05) is 72.3 Å². The van der Waals surface area contributed by atoms with Crippen LogP contribution in [0.5, 0.6) is 0 Å². The minimum atomic E-state index is -3.76. The Bertz CT molecular complexity index is 1350. The highest BCUT2D eigenvalue weighted by Gasteiger charge is 2.16. The first-order chi connectivity index (χ1) is 15.4. The lowest BCUT2D eigenvalue weighted by Crippen LogP contribution is -2.15. The molecule has 0 saturated heterocycles. The normalized spacial score (nSPS) is 11.0. The van der Waals surface area contributed by atoms with Gasteiger partial charge in [-0.25, -0.2) is 8.42 Å². The van der Waals surface area contributed by atoms with Crippen molar-refractivity contribution in [2.75, 3.05) is 10.0 Å². The topological polar surface area (TPSA) is 75.3 Å². The first-order valence-electron chi connectivity index (χ1n) is 10.1. The van der Waals surface area contributed by atoms with Gasteiger partial charge in [0.2, 0.25) is 0 Å². The number of carbonyl (C=O) groups excluding carboxylic acids is 1. The minimum Gasteiger partial charge on any atom is -0.321 e. The second-order valence-corrected chi connectivity index (χ2v) is 9.05. The van der Waals surface area contributed by atoms with Gasteiger partial charge in [0, 0.05) is 22.5 Å². The zero-order valence-electron chi connectivity index (χ0n) is 17.4. The molecule has 0 radical (unpaired) electrons. The number of rotatable bonds is 6. The third-order valence-corrected chi connectivity index (χ3v) is 6.37. The zero-order valence-corrected chi connectivity index (χ0v) is 18.3. The fraction of sp³-hybridized carbons (Fsp3) is 0.0385. The molecule has 0 unspecified atom stereocenters. The van der Waals surface area contributed by atoms with Gasteiger partial charge in [-0.15, -0.1) is 0 Å². The Hall–Kier alpha value is -3.90. The summed E-state index contributed by atoms with van der Waals surface area (Å²) in [6, 6.07) is 30.3. The molecule has 0 heterocycles. The van der Waals surface area contributed by atoms with E-state index in [-0.39, 0.29) is 10.8 Å². The second-order valence-electron chi connectivity index (χ2n) is 7.37. The number of para-hydroxylation sites is 1. The Morgan fingerprint density at radius 2 is 1.44 bits per heavy atom. The SMILES string of the molecule is Cc1ccc(S(=O)(=O)Nc2cccc(C(=O)Nc3ccccc3-c3ccccc3)c2)cc1. The van der Waals surface area contributed by atoms with Crippen LogP contribution in [0.15, 0.2) is 108 Å². The average molecular weight is 443 g/mol. The standard InChI is InChI=1S/C26H22N2O3S/c1-19-14-16-23(17-15-19)32(30,31)28-22-11-7-10-21(18-22)26(29)27-25-13-6-5-12-24(25)20-8-3-2-4-9-20/h2-18,28H,1H3,(H,27,29). The molecule has 0 fully saturated rings. The first-order valence-corrected chi connectivity index (χ1v) is 11.6. The van der Waals surface area contributed by atoms with E-state index in [2.05, 4.69) is 10.0 Å². The molecule has 0 aliphatic heterocycles. The van der Waals surface area contributed by atoms with Gasteiger partial charge in [-0.3, -0.25) is 9.52 Å². The summed E-state index contributed by atoms with van der Waals surface area (Å²) in [6.07, 6.45) is 0. The smallest absolute Gasteiger partial charge is 0.261 e. The minimum absolute atomic E-state index is 0.162. The lowest BCUT2D eigenvalue weighted by atomic mass is 10.0. The van der Waals surface area contributed by atoms with Crippen LogP contribution in [0.2, 0.25) is 0 Å². The monoisotopic (exact) mass is 442 g/mol. The molecule has 160 valence electrons. The van der Waals surface area contributed by atoms with Crippen LogP contribution < -0.4 is 10.0 Å². The second kappa shape index (κ2) is 9.08. The fourth-order valence-corrected chi connectivity index (χ4v) is 4.36. The van der Waals surface area contributed by atoms with Crippen LogP contribution in [0.4, 0.5) is 11.4 Å². The molecular weight excluding hydrogens is 420 g/mol. The van der Waals surface area contributed by atoms with E-state index < -0.39 is 10.0 Å². The van der Waals surface area contributed by atoms with Crippen molar-refractivity contribution in [1.29, 1.82) is 0 Å². The van der Waals surface area contributed by atoms with Gasteiger partial charge in [0.1, 0.15) is 0 Å². The van der Waals surface area contributed by atoms with Gasteiger partial charge in [0.05, 0.1) is 4.90 Å². The van der Waals surface area contributed by atoms with Crippen molar-refractivity contribution in [3.63, 3.8) is 0 Å². The summed E-state index contributed by atoms with van der Waals surface area (Å²) in [7, 11) is -3.76. The van der Waals surface area contributed by atoms with Crippen molar-refractivity contribution in [3.05, 3.63) is 114 Å². The molecule has 0 bridgehead atoms.